The van der Waals surface area contributed by atoms with E-state index in [1.807, 2.05) is 0 Å². The Bertz CT molecular complexity index is 1950. The van der Waals surface area contributed by atoms with Gasteiger partial charge in [0.05, 0.1) is 19.8 Å². The largest absolute Gasteiger partial charge is 0.472 e. The Kier molecular flexibility index (Phi) is 13.6. The first-order valence-corrected chi connectivity index (χ1v) is 17.0. The van der Waals surface area contributed by atoms with Gasteiger partial charge < -0.3 is 24.1 Å². The topological polar surface area (TPSA) is 134 Å². The average Bonchev–Trinajstić information content (AvgIpc) is 3.14. The molecule has 0 radical (unpaired) electrons. The summed E-state index contributed by atoms with van der Waals surface area (Å²) in [5, 5.41) is 9.29. The van der Waals surface area contributed by atoms with Crippen molar-refractivity contribution in [2.45, 2.75) is 51.7 Å². The number of carbonyl (C=O) groups excluding carboxylic acids is 3. The number of nitrogens with zero attached hydrogens (tertiary/aromatic N) is 2. The summed E-state index contributed by atoms with van der Waals surface area (Å²) in [6.45, 7) is 3.85. The summed E-state index contributed by atoms with van der Waals surface area (Å²) in [4.78, 5) is 43.4. The van der Waals surface area contributed by atoms with E-state index in [0.29, 0.717) is 60.9 Å². The molecule has 10 nitrogen and oxygen atoms in total. The third-order valence-electron chi connectivity index (χ3n) is 7.88. The predicted octanol–water partition coefficient (Wildman–Crippen LogP) is 6.48. The fourth-order valence-corrected chi connectivity index (χ4v) is 5.53. The van der Waals surface area contributed by atoms with Crippen LogP contribution in [0.4, 0.5) is 17.6 Å². The molecule has 3 atom stereocenters. The quantitative estimate of drug-likeness (QED) is 0.0925. The van der Waals surface area contributed by atoms with Crippen molar-refractivity contribution in [2.75, 3.05) is 26.5 Å². The van der Waals surface area contributed by atoms with Gasteiger partial charge in [-0.25, -0.2) is 37.1 Å². The minimum Gasteiger partial charge on any atom is -0.472 e. The molecule has 0 fully saturated rings. The van der Waals surface area contributed by atoms with Gasteiger partial charge in [-0.2, -0.15) is 0 Å². The van der Waals surface area contributed by atoms with Crippen LogP contribution in [0.3, 0.4) is 0 Å². The SMILES string of the molecule is CCOC(=O)c1cc(-c2ccc(F)cc2F)c2c(n1)OC(C=O)CC2.CCOC(=O)c1cc(-c2ccc(F)cc2F)c2c(n1)OC(CO)CC2.[2H]CP. The maximum Gasteiger partial charge on any atom is 0.357 e. The van der Waals surface area contributed by atoms with Gasteiger partial charge in [-0.05, 0) is 87.1 Å². The summed E-state index contributed by atoms with van der Waals surface area (Å²) in [7, 11) is 2.25. The van der Waals surface area contributed by atoms with Crippen LogP contribution in [0.2, 0.25) is 0 Å². The molecule has 0 spiro atoms. The highest BCUT2D eigenvalue weighted by molar-refractivity contribution is 7.15. The van der Waals surface area contributed by atoms with Crippen molar-refractivity contribution in [1.82, 2.24) is 9.97 Å². The highest BCUT2D eigenvalue weighted by Gasteiger charge is 2.29. The second kappa shape index (κ2) is 18.5. The van der Waals surface area contributed by atoms with Crippen LogP contribution >= 0.6 is 9.24 Å². The summed E-state index contributed by atoms with van der Waals surface area (Å²) < 4.78 is 82.1. The number of carbonyl (C=O) groups is 3. The molecule has 6 rings (SSSR count). The Balaban J connectivity index is 0.000000220. The number of hydrogen-bond donors (Lipinski definition) is 1. The summed E-state index contributed by atoms with van der Waals surface area (Å²) >= 11 is 0. The molecule has 52 heavy (non-hydrogen) atoms. The van der Waals surface area contributed by atoms with E-state index in [1.54, 1.807) is 13.8 Å². The maximum atomic E-state index is 14.3. The fourth-order valence-electron chi connectivity index (χ4n) is 5.53. The van der Waals surface area contributed by atoms with Crippen LogP contribution in [-0.2, 0) is 27.1 Å². The Morgan fingerprint density at radius 2 is 1.29 bits per heavy atom. The highest BCUT2D eigenvalue weighted by Crippen LogP contribution is 2.38. The standard InChI is InChI=1S/C18H17F2NO4.C18H15F2NO4.CH5P/c2*1-2-24-18(23)16-8-14(12-5-3-10(19)7-15(12)20)13-6-4-11(9-22)25-17(13)21-16;1-2/h3,5,7-8,11,22H,2,4,6,9H2,1H3;3,5,7-9,11H,2,4,6H2,1H3;2H2,1H3/i;;1D. The second-order valence-corrected chi connectivity index (χ2v) is 11.2. The first-order valence-electron chi connectivity index (χ1n) is 16.9. The molecule has 0 saturated heterocycles. The van der Waals surface area contributed by atoms with Gasteiger partial charge in [0.15, 0.2) is 23.8 Å². The van der Waals surface area contributed by atoms with Gasteiger partial charge in [-0.15, -0.1) is 9.24 Å². The van der Waals surface area contributed by atoms with E-state index >= 15 is 0 Å². The molecule has 0 amide bonds. The molecular formula is C37H37F4N2O8P. The number of halogens is 4. The summed E-state index contributed by atoms with van der Waals surface area (Å²) in [6.07, 6.45) is 1.38. The zero-order valence-electron chi connectivity index (χ0n) is 29.3. The Labute approximate surface area is 301 Å². The Hall–Kier alpha value is -4.94. The van der Waals surface area contributed by atoms with E-state index in [0.717, 1.165) is 24.3 Å². The van der Waals surface area contributed by atoms with Gasteiger partial charge in [-0.1, -0.05) is 6.64 Å². The zero-order chi connectivity index (χ0) is 38.7. The first kappa shape index (κ1) is 38.3. The van der Waals surface area contributed by atoms with E-state index in [9.17, 15) is 37.1 Å². The number of aromatic nitrogens is 2. The van der Waals surface area contributed by atoms with Crippen molar-refractivity contribution in [3.05, 3.63) is 94.3 Å². The zero-order valence-corrected chi connectivity index (χ0v) is 29.5. The third-order valence-corrected chi connectivity index (χ3v) is 7.88. The molecule has 4 heterocycles. The van der Waals surface area contributed by atoms with Crippen molar-refractivity contribution in [2.24, 2.45) is 0 Å². The number of esters is 2. The van der Waals surface area contributed by atoms with E-state index in [2.05, 4.69) is 19.2 Å². The second-order valence-electron chi connectivity index (χ2n) is 11.2. The molecule has 2 aromatic carbocycles. The monoisotopic (exact) mass is 745 g/mol. The maximum absolute atomic E-state index is 14.3. The number of benzene rings is 2. The minimum atomic E-state index is -0.763. The van der Waals surface area contributed by atoms with Crippen molar-refractivity contribution >= 4 is 27.5 Å². The Morgan fingerprint density at radius 3 is 1.71 bits per heavy atom. The van der Waals surface area contributed by atoms with Gasteiger partial charge in [0.1, 0.15) is 29.4 Å². The number of fused-ring (bicyclic) bond motifs is 2. The number of ether oxygens (including phenoxy) is 4. The molecule has 276 valence electrons. The van der Waals surface area contributed by atoms with Crippen molar-refractivity contribution < 1.29 is 57.4 Å². The molecule has 2 aliphatic rings. The van der Waals surface area contributed by atoms with Gasteiger partial charge in [-0.3, -0.25) is 4.79 Å². The predicted molar refractivity (Wildman–Crippen MR) is 185 cm³/mol. The van der Waals surface area contributed by atoms with E-state index < -0.39 is 47.4 Å². The lowest BCUT2D eigenvalue weighted by molar-refractivity contribution is -0.114. The van der Waals surface area contributed by atoms with Crippen molar-refractivity contribution in [3.8, 4) is 34.0 Å². The molecular weight excluding hydrogens is 707 g/mol. The fraction of sp³-hybridized carbons (Fsp3) is 0.324. The minimum absolute atomic E-state index is 0.0297. The van der Waals surface area contributed by atoms with Crippen LogP contribution in [0, 0.1) is 23.3 Å². The van der Waals surface area contributed by atoms with Crippen molar-refractivity contribution in [3.63, 3.8) is 0 Å². The first-order chi connectivity index (χ1) is 25.5. The number of hydrogen-bond acceptors (Lipinski definition) is 10. The smallest absolute Gasteiger partial charge is 0.357 e. The number of aldehydes is 1. The summed E-state index contributed by atoms with van der Waals surface area (Å²) in [6, 6.07) is 9.26. The average molecular weight is 746 g/mol. The summed E-state index contributed by atoms with van der Waals surface area (Å²) in [5.41, 5.74) is 2.14. The molecule has 2 aliphatic heterocycles. The van der Waals surface area contributed by atoms with Gasteiger partial charge >= 0.3 is 11.9 Å². The molecule has 0 saturated carbocycles. The molecule has 0 bridgehead atoms. The van der Waals surface area contributed by atoms with E-state index in [1.165, 1.54) is 24.3 Å². The van der Waals surface area contributed by atoms with Crippen LogP contribution < -0.4 is 9.47 Å². The molecule has 0 aliphatic carbocycles. The molecule has 3 unspecified atom stereocenters. The molecule has 4 aromatic rings. The highest BCUT2D eigenvalue weighted by atomic mass is 31.0. The number of rotatable bonds is 8. The number of aliphatic hydroxyl groups excluding tert-OH is 1. The van der Waals surface area contributed by atoms with Crippen LogP contribution in [0.25, 0.3) is 22.3 Å². The van der Waals surface area contributed by atoms with Crippen molar-refractivity contribution in [1.29, 1.82) is 0 Å². The lowest BCUT2D eigenvalue weighted by Gasteiger charge is -2.26. The van der Waals surface area contributed by atoms with Crippen LogP contribution in [0.1, 0.15) is 60.2 Å². The lowest BCUT2D eigenvalue weighted by atomic mass is 9.94. The lowest BCUT2D eigenvalue weighted by Crippen LogP contribution is -2.27. The van der Waals surface area contributed by atoms with E-state index in [-0.39, 0.29) is 54.1 Å². The van der Waals surface area contributed by atoms with E-state index in [4.69, 9.17) is 20.3 Å². The molecule has 2 aromatic heterocycles. The Morgan fingerprint density at radius 1 is 0.827 bits per heavy atom. The molecule has 15 heteroatoms. The summed E-state index contributed by atoms with van der Waals surface area (Å²) in [5.74, 6) is -4.00. The van der Waals surface area contributed by atoms with Gasteiger partial charge in [0.25, 0.3) is 0 Å². The van der Waals surface area contributed by atoms with Gasteiger partial charge in [0.2, 0.25) is 11.8 Å². The van der Waals surface area contributed by atoms with Gasteiger partial charge in [0, 0.05) is 35.8 Å². The number of aliphatic hydroxyl groups is 1. The van der Waals surface area contributed by atoms with Crippen LogP contribution in [-0.4, -0.2) is 72.0 Å². The van der Waals surface area contributed by atoms with Crippen LogP contribution in [0.15, 0.2) is 48.5 Å². The third kappa shape index (κ3) is 9.29. The molecule has 1 N–H and O–H groups in total. The van der Waals surface area contributed by atoms with Crippen LogP contribution in [0.5, 0.6) is 11.8 Å². The number of pyridine rings is 2. The normalized spacial score (nSPS) is 15.7.